The molecule has 0 aliphatic carbocycles. The molecule has 260 valence electrons. The van der Waals surface area contributed by atoms with E-state index in [0.29, 0.717) is 35.4 Å². The number of nitrogen functional groups attached to an aromatic ring is 1. The number of carboxylic acids is 1. The Balaban J connectivity index is 1.31. The van der Waals surface area contributed by atoms with Crippen LogP contribution in [0.2, 0.25) is 0 Å². The Labute approximate surface area is 279 Å². The summed E-state index contributed by atoms with van der Waals surface area (Å²) in [6.45, 7) is 5.66. The van der Waals surface area contributed by atoms with E-state index in [-0.39, 0.29) is 23.1 Å². The lowest BCUT2D eigenvalue weighted by Crippen LogP contribution is -2.76. The van der Waals surface area contributed by atoms with Gasteiger partial charge >= 0.3 is 16.4 Å². The van der Waals surface area contributed by atoms with E-state index in [2.05, 4.69) is 30.4 Å². The van der Waals surface area contributed by atoms with Gasteiger partial charge in [-0.15, -0.1) is 15.6 Å². The highest BCUT2D eigenvalue weighted by Gasteiger charge is 2.58. The number of nitrogens with two attached hydrogens (primary N) is 1. The highest BCUT2D eigenvalue weighted by Crippen LogP contribution is 2.35. The van der Waals surface area contributed by atoms with Crippen molar-refractivity contribution in [2.45, 2.75) is 75.8 Å². The largest absolute Gasteiger partial charge is 0.485 e. The van der Waals surface area contributed by atoms with Crippen molar-refractivity contribution in [2.75, 3.05) is 18.8 Å². The van der Waals surface area contributed by atoms with Crippen LogP contribution in [0.5, 0.6) is 5.75 Å². The Bertz CT molecular complexity index is 1760. The standard InChI is InChI=1S/C28H36N8O10S2/c1-27(2)21(24(38)36(27)46-48(41,42)43)34-23(37)20(17-13-47-26(30)33-17)35-45-28(3,25(39)40)19-7-5-14-12-15(4-6-18(14)44-19)22(29)32-11-9-16-8-10-31-16/h4,6,12-13,16,19,21,31H,5,7-11H2,1-3H3,(H2,29,32)(H2,30,33)(H,34,37)(H,39,40)(H,41,42,43)/b35-20-/t16-,19+,21+,28-/m0/s1. The Hall–Kier alpha value is -4.37. The molecule has 0 radical (unpaired) electrons. The first-order valence-electron chi connectivity index (χ1n) is 14.9. The van der Waals surface area contributed by atoms with Crippen LogP contribution in [0.4, 0.5) is 5.13 Å². The van der Waals surface area contributed by atoms with Crippen molar-refractivity contribution < 1.29 is 46.3 Å². The smallest absolute Gasteiger partial charge is 0.418 e. The molecule has 2 amide bonds. The summed E-state index contributed by atoms with van der Waals surface area (Å²) in [5.41, 5.74) is 3.05. The molecule has 8 N–H and O–H groups in total. The quantitative estimate of drug-likeness (QED) is 0.0482. The predicted octanol–water partition coefficient (Wildman–Crippen LogP) is 0.190. The van der Waals surface area contributed by atoms with E-state index in [4.69, 9.17) is 25.3 Å². The van der Waals surface area contributed by atoms with Crippen LogP contribution >= 0.6 is 11.3 Å². The first-order valence-corrected chi connectivity index (χ1v) is 17.1. The lowest BCUT2D eigenvalue weighted by molar-refractivity contribution is -0.218. The summed E-state index contributed by atoms with van der Waals surface area (Å²) in [6.07, 6.45) is 1.58. The highest BCUT2D eigenvalue weighted by atomic mass is 32.3. The fourth-order valence-electron chi connectivity index (χ4n) is 5.40. The number of hydrogen-bond acceptors (Lipinski definition) is 14. The van der Waals surface area contributed by atoms with Crippen molar-refractivity contribution in [3.05, 3.63) is 40.4 Å². The van der Waals surface area contributed by atoms with Gasteiger partial charge in [-0.3, -0.25) is 19.6 Å². The molecule has 4 heterocycles. The Kier molecular flexibility index (Phi) is 9.66. The van der Waals surface area contributed by atoms with Gasteiger partial charge in [-0.1, -0.05) is 5.16 Å². The monoisotopic (exact) mass is 708 g/mol. The average molecular weight is 709 g/mol. The number of carbonyl (C=O) groups is 3. The van der Waals surface area contributed by atoms with Gasteiger partial charge in [0.2, 0.25) is 0 Å². The fraction of sp³-hybridized carbons (Fsp3) is 0.500. The van der Waals surface area contributed by atoms with E-state index in [1.807, 2.05) is 6.07 Å². The molecule has 1 aromatic carbocycles. The molecule has 3 aliphatic heterocycles. The van der Waals surface area contributed by atoms with Gasteiger partial charge in [0.1, 0.15) is 23.3 Å². The van der Waals surface area contributed by atoms with Crippen molar-refractivity contribution in [3.63, 3.8) is 0 Å². The maximum atomic E-state index is 13.4. The minimum atomic E-state index is -5.03. The minimum Gasteiger partial charge on any atom is -0.485 e. The SMILES string of the molecule is CC1(C)[C@H](NC(=O)/C(=N\O[C@](C)(C(=O)O)[C@H]2CCc3cc(C(=N)NCC[C@@H]4CCN4)ccc3O2)c2csc(N)n2)C(=O)N1OS(=O)(=O)O. The van der Waals surface area contributed by atoms with Crippen LogP contribution in [-0.4, -0.2) is 99.9 Å². The number of carboxylic acid groups (broad SMARTS) is 1. The van der Waals surface area contributed by atoms with Gasteiger partial charge in [0.15, 0.2) is 16.9 Å². The van der Waals surface area contributed by atoms with Gasteiger partial charge in [-0.2, -0.15) is 13.5 Å². The zero-order chi connectivity index (χ0) is 35.0. The van der Waals surface area contributed by atoms with E-state index >= 15 is 0 Å². The van der Waals surface area contributed by atoms with Crippen molar-refractivity contribution in [2.24, 2.45) is 5.16 Å². The maximum Gasteiger partial charge on any atom is 0.418 e. The number of ether oxygens (including phenoxy) is 1. The van der Waals surface area contributed by atoms with Gasteiger partial charge in [0, 0.05) is 23.5 Å². The molecule has 2 fully saturated rings. The zero-order valence-electron chi connectivity index (χ0n) is 26.2. The number of aliphatic carboxylic acids is 1. The number of rotatable bonds is 13. The first-order chi connectivity index (χ1) is 22.5. The van der Waals surface area contributed by atoms with Crippen LogP contribution < -0.4 is 26.4 Å². The molecule has 0 bridgehead atoms. The second-order valence-electron chi connectivity index (χ2n) is 12.2. The van der Waals surface area contributed by atoms with Gasteiger partial charge in [0.05, 0.1) is 5.54 Å². The molecule has 18 nitrogen and oxygen atoms in total. The Morgan fingerprint density at radius 3 is 2.67 bits per heavy atom. The van der Waals surface area contributed by atoms with E-state index in [1.54, 1.807) is 12.1 Å². The Morgan fingerprint density at radius 1 is 1.35 bits per heavy atom. The topological polar surface area (TPSA) is 268 Å². The number of amides is 2. The third kappa shape index (κ3) is 7.21. The van der Waals surface area contributed by atoms with Crippen LogP contribution in [0, 0.1) is 5.41 Å². The number of oxime groups is 1. The zero-order valence-corrected chi connectivity index (χ0v) is 27.8. The van der Waals surface area contributed by atoms with Gasteiger partial charge < -0.3 is 36.4 Å². The number of thiazole rings is 1. The summed E-state index contributed by atoms with van der Waals surface area (Å²) >= 11 is 0.965. The summed E-state index contributed by atoms with van der Waals surface area (Å²) < 4.78 is 41.7. The van der Waals surface area contributed by atoms with Gasteiger partial charge in [0.25, 0.3) is 17.4 Å². The second kappa shape index (κ2) is 13.3. The molecule has 2 saturated heterocycles. The number of benzene rings is 1. The number of nitrogens with zero attached hydrogens (tertiary/aromatic N) is 3. The average Bonchev–Trinajstić information content (AvgIpc) is 3.43. The molecule has 0 unspecified atom stereocenters. The third-order valence-electron chi connectivity index (χ3n) is 8.48. The number of hydroxylamine groups is 2. The molecule has 48 heavy (non-hydrogen) atoms. The minimum absolute atomic E-state index is 0.0597. The fourth-order valence-corrected chi connectivity index (χ4v) is 6.40. The molecule has 4 atom stereocenters. The number of hydrogen-bond donors (Lipinski definition) is 7. The van der Waals surface area contributed by atoms with Crippen LogP contribution in [0.3, 0.4) is 0 Å². The normalized spacial score (nSPS) is 23.0. The molecule has 1 aromatic heterocycles. The summed E-state index contributed by atoms with van der Waals surface area (Å²) in [5, 5.41) is 33.2. The summed E-state index contributed by atoms with van der Waals surface area (Å²) in [7, 11) is -5.03. The van der Waals surface area contributed by atoms with Crippen LogP contribution in [-0.2, 0) is 40.3 Å². The number of nitrogens with one attached hydrogen (secondary N) is 4. The molecule has 5 rings (SSSR count). The maximum absolute atomic E-state index is 13.4. The Morgan fingerprint density at radius 2 is 2.08 bits per heavy atom. The third-order valence-corrected chi connectivity index (χ3v) is 9.49. The van der Waals surface area contributed by atoms with Crippen molar-refractivity contribution in [1.82, 2.24) is 26.0 Å². The summed E-state index contributed by atoms with van der Waals surface area (Å²) in [4.78, 5) is 48.2. The van der Waals surface area contributed by atoms with Crippen LogP contribution in [0.1, 0.15) is 56.9 Å². The lowest BCUT2D eigenvalue weighted by atomic mass is 9.84. The molecular formula is C28H36N8O10S2. The van der Waals surface area contributed by atoms with Crippen LogP contribution in [0.15, 0.2) is 28.7 Å². The second-order valence-corrected chi connectivity index (χ2v) is 14.1. The number of aryl methyl sites for hydroxylation is 1. The summed E-state index contributed by atoms with van der Waals surface area (Å²) in [6, 6.07) is 4.32. The molecule has 0 spiro atoms. The number of carbonyl (C=O) groups excluding carboxylic acids is 2. The van der Waals surface area contributed by atoms with E-state index in [0.717, 1.165) is 36.3 Å². The number of anilines is 1. The molecule has 3 aliphatic rings. The van der Waals surface area contributed by atoms with Gasteiger partial charge in [-0.05, 0) is 76.8 Å². The lowest BCUT2D eigenvalue weighted by Gasteiger charge is -2.50. The predicted molar refractivity (Wildman–Crippen MR) is 171 cm³/mol. The van der Waals surface area contributed by atoms with Crippen LogP contribution in [0.25, 0.3) is 0 Å². The molecule has 2 aromatic rings. The molecule has 20 heteroatoms. The number of β-lactam (4-membered cyclic amide) rings is 1. The van der Waals surface area contributed by atoms with Gasteiger partial charge in [-0.25, -0.2) is 9.78 Å². The highest BCUT2D eigenvalue weighted by molar-refractivity contribution is 7.80. The number of fused-ring (bicyclic) bond motifs is 1. The molecule has 0 saturated carbocycles. The summed E-state index contributed by atoms with van der Waals surface area (Å²) in [5.74, 6) is -2.77. The molecular weight excluding hydrogens is 672 g/mol. The van der Waals surface area contributed by atoms with E-state index < -0.39 is 57.2 Å². The van der Waals surface area contributed by atoms with Crippen molar-refractivity contribution in [1.29, 1.82) is 5.41 Å². The van der Waals surface area contributed by atoms with Crippen molar-refractivity contribution in [3.8, 4) is 5.75 Å². The first kappa shape index (κ1) is 35.0. The van der Waals surface area contributed by atoms with Crippen molar-refractivity contribution >= 4 is 56.2 Å². The number of amidine groups is 1. The van der Waals surface area contributed by atoms with E-state index in [1.165, 1.54) is 26.2 Å². The number of aromatic nitrogens is 1. The van der Waals surface area contributed by atoms with E-state index in [9.17, 15) is 27.9 Å².